The summed E-state index contributed by atoms with van der Waals surface area (Å²) in [4.78, 5) is 6.68. The van der Waals surface area contributed by atoms with Crippen molar-refractivity contribution in [2.45, 2.75) is 30.7 Å². The minimum absolute atomic E-state index is 0.0581. The topological polar surface area (TPSA) is 65.5 Å². The Kier molecular flexibility index (Phi) is 5.18. The number of sulfonamides is 1. The highest BCUT2D eigenvalue weighted by Crippen LogP contribution is 2.26. The molecule has 1 saturated heterocycles. The fourth-order valence-electron chi connectivity index (χ4n) is 2.74. The van der Waals surface area contributed by atoms with Gasteiger partial charge in [-0.2, -0.15) is 4.31 Å². The van der Waals surface area contributed by atoms with Crippen LogP contribution in [0.15, 0.2) is 23.2 Å². The third-order valence-corrected chi connectivity index (χ3v) is 6.12. The number of likely N-dealkylation sites (tertiary alicyclic amines) is 1. The van der Waals surface area contributed by atoms with Crippen LogP contribution in [0.4, 0.5) is 5.82 Å². The minimum Gasteiger partial charge on any atom is -0.372 e. The molecule has 0 saturated carbocycles. The number of hydrogen-bond acceptors (Lipinski definition) is 5. The van der Waals surface area contributed by atoms with Crippen LogP contribution in [0.1, 0.15) is 19.8 Å². The first kappa shape index (κ1) is 16.2. The largest absolute Gasteiger partial charge is 0.372 e. The van der Waals surface area contributed by atoms with Gasteiger partial charge in [0, 0.05) is 26.3 Å². The molecule has 0 atom stereocenters. The average molecular weight is 312 g/mol. The van der Waals surface area contributed by atoms with Crippen LogP contribution in [0.3, 0.4) is 0 Å². The number of hydrogen-bond donors (Lipinski definition) is 1. The maximum Gasteiger partial charge on any atom is 0.246 e. The molecule has 1 aromatic rings. The quantitative estimate of drug-likeness (QED) is 0.886. The van der Waals surface area contributed by atoms with Crippen LogP contribution in [0.5, 0.6) is 0 Å². The highest BCUT2D eigenvalue weighted by atomic mass is 32.2. The van der Waals surface area contributed by atoms with Crippen LogP contribution in [-0.2, 0) is 10.0 Å². The fraction of sp³-hybridized carbons (Fsp3) is 0.643. The van der Waals surface area contributed by atoms with Crippen molar-refractivity contribution >= 4 is 15.8 Å². The first-order valence-corrected chi connectivity index (χ1v) is 8.77. The van der Waals surface area contributed by atoms with Crippen molar-refractivity contribution in [2.75, 3.05) is 39.0 Å². The molecule has 2 heterocycles. The molecule has 1 aromatic heterocycles. The van der Waals surface area contributed by atoms with Gasteiger partial charge in [0.2, 0.25) is 10.0 Å². The number of piperidine rings is 1. The molecule has 21 heavy (non-hydrogen) atoms. The molecule has 0 radical (unpaired) electrons. The highest BCUT2D eigenvalue weighted by molar-refractivity contribution is 7.89. The van der Waals surface area contributed by atoms with Gasteiger partial charge in [-0.05, 0) is 44.6 Å². The fourth-order valence-corrected chi connectivity index (χ4v) is 4.30. The molecule has 0 spiro atoms. The number of nitrogens with zero attached hydrogens (tertiary/aromatic N) is 3. The molecule has 1 fully saturated rings. The summed E-state index contributed by atoms with van der Waals surface area (Å²) in [6.45, 7) is 5.06. The average Bonchev–Trinajstić information content (AvgIpc) is 2.54. The Morgan fingerprint density at radius 1 is 1.43 bits per heavy atom. The third-order valence-electron chi connectivity index (χ3n) is 4.18. The van der Waals surface area contributed by atoms with Gasteiger partial charge in [0.25, 0.3) is 0 Å². The zero-order valence-electron chi connectivity index (χ0n) is 12.9. The highest BCUT2D eigenvalue weighted by Gasteiger charge is 2.32. The van der Waals surface area contributed by atoms with Crippen molar-refractivity contribution in [2.24, 2.45) is 0 Å². The Morgan fingerprint density at radius 3 is 2.67 bits per heavy atom. The van der Waals surface area contributed by atoms with Crippen LogP contribution in [0.25, 0.3) is 0 Å². The maximum absolute atomic E-state index is 12.8. The number of anilines is 1. The smallest absolute Gasteiger partial charge is 0.246 e. The van der Waals surface area contributed by atoms with Gasteiger partial charge < -0.3 is 10.2 Å². The molecular weight excluding hydrogens is 288 g/mol. The lowest BCUT2D eigenvalue weighted by Gasteiger charge is -2.35. The SMILES string of the molecule is CCN1CCC(N(C)S(=O)(=O)c2cccnc2NC)CC1. The second kappa shape index (κ2) is 6.72. The van der Waals surface area contributed by atoms with Gasteiger partial charge in [0.05, 0.1) is 0 Å². The monoisotopic (exact) mass is 312 g/mol. The molecule has 6 nitrogen and oxygen atoms in total. The summed E-state index contributed by atoms with van der Waals surface area (Å²) in [5, 5.41) is 2.85. The van der Waals surface area contributed by atoms with Crippen molar-refractivity contribution in [1.29, 1.82) is 0 Å². The lowest BCUT2D eigenvalue weighted by Crippen LogP contribution is -2.45. The third kappa shape index (κ3) is 3.36. The number of nitrogens with one attached hydrogen (secondary N) is 1. The second-order valence-electron chi connectivity index (χ2n) is 5.29. The number of aromatic nitrogens is 1. The van der Waals surface area contributed by atoms with E-state index >= 15 is 0 Å². The molecule has 118 valence electrons. The van der Waals surface area contributed by atoms with Crippen LogP contribution < -0.4 is 5.32 Å². The lowest BCUT2D eigenvalue weighted by molar-refractivity contribution is 0.176. The predicted octanol–water partition coefficient (Wildman–Crippen LogP) is 1.23. The molecule has 0 bridgehead atoms. The summed E-state index contributed by atoms with van der Waals surface area (Å²) in [6, 6.07) is 3.32. The minimum atomic E-state index is -3.52. The van der Waals surface area contributed by atoms with Gasteiger partial charge in [0.15, 0.2) is 0 Å². The molecule has 2 rings (SSSR count). The van der Waals surface area contributed by atoms with Crippen LogP contribution in [0, 0.1) is 0 Å². The van der Waals surface area contributed by atoms with E-state index in [2.05, 4.69) is 22.1 Å². The summed E-state index contributed by atoms with van der Waals surface area (Å²) >= 11 is 0. The molecular formula is C14H24N4O2S. The summed E-state index contributed by atoms with van der Waals surface area (Å²) in [5.74, 6) is 0.398. The molecule has 1 aliphatic rings. The summed E-state index contributed by atoms with van der Waals surface area (Å²) in [6.07, 6.45) is 3.34. The Balaban J connectivity index is 2.19. The molecule has 1 aliphatic heterocycles. The van der Waals surface area contributed by atoms with E-state index in [4.69, 9.17) is 0 Å². The van der Waals surface area contributed by atoms with E-state index in [0.29, 0.717) is 5.82 Å². The summed E-state index contributed by atoms with van der Waals surface area (Å²) < 4.78 is 27.1. The maximum atomic E-state index is 12.8. The Labute approximate surface area is 127 Å². The molecule has 0 aromatic carbocycles. The Morgan fingerprint density at radius 2 is 2.10 bits per heavy atom. The standard InChI is InChI=1S/C14H24N4O2S/c1-4-18-10-7-12(8-11-18)17(3)21(19,20)13-6-5-9-16-14(13)15-2/h5-6,9,12H,4,7-8,10-11H2,1-3H3,(H,15,16). The Bertz CT molecular complexity index is 568. The summed E-state index contributed by atoms with van der Waals surface area (Å²) in [7, 11) is -0.159. The normalized spacial score (nSPS) is 18.1. The van der Waals surface area contributed by atoms with Crippen molar-refractivity contribution in [3.8, 4) is 0 Å². The van der Waals surface area contributed by atoms with E-state index in [1.165, 1.54) is 4.31 Å². The second-order valence-corrected chi connectivity index (χ2v) is 7.25. The van der Waals surface area contributed by atoms with Crippen molar-refractivity contribution in [1.82, 2.24) is 14.2 Å². The molecule has 0 amide bonds. The molecule has 0 aliphatic carbocycles. The van der Waals surface area contributed by atoms with Crippen LogP contribution in [-0.4, -0.2) is 62.4 Å². The molecule has 7 heteroatoms. The molecule has 1 N–H and O–H groups in total. The first-order chi connectivity index (χ1) is 10.0. The lowest BCUT2D eigenvalue weighted by atomic mass is 10.1. The van der Waals surface area contributed by atoms with Gasteiger partial charge in [-0.25, -0.2) is 13.4 Å². The number of rotatable bonds is 5. The number of pyridine rings is 1. The van der Waals surface area contributed by atoms with E-state index in [9.17, 15) is 8.42 Å². The van der Waals surface area contributed by atoms with E-state index in [-0.39, 0.29) is 10.9 Å². The first-order valence-electron chi connectivity index (χ1n) is 7.33. The van der Waals surface area contributed by atoms with E-state index in [0.717, 1.165) is 32.5 Å². The molecule has 0 unspecified atom stereocenters. The Hall–Kier alpha value is -1.18. The van der Waals surface area contributed by atoms with Crippen molar-refractivity contribution < 1.29 is 8.42 Å². The predicted molar refractivity (Wildman–Crippen MR) is 83.9 cm³/mol. The van der Waals surface area contributed by atoms with Gasteiger partial charge in [0.1, 0.15) is 10.7 Å². The van der Waals surface area contributed by atoms with Crippen LogP contribution in [0.2, 0.25) is 0 Å². The zero-order valence-corrected chi connectivity index (χ0v) is 13.7. The van der Waals surface area contributed by atoms with Crippen LogP contribution >= 0.6 is 0 Å². The summed E-state index contributed by atoms with van der Waals surface area (Å²) in [5.41, 5.74) is 0. The van der Waals surface area contributed by atoms with Gasteiger partial charge in [-0.15, -0.1) is 0 Å². The van der Waals surface area contributed by atoms with E-state index in [1.54, 1.807) is 32.4 Å². The van der Waals surface area contributed by atoms with E-state index in [1.807, 2.05) is 0 Å². The van der Waals surface area contributed by atoms with Gasteiger partial charge >= 0.3 is 0 Å². The van der Waals surface area contributed by atoms with E-state index < -0.39 is 10.0 Å². The van der Waals surface area contributed by atoms with Crippen molar-refractivity contribution in [3.05, 3.63) is 18.3 Å². The van der Waals surface area contributed by atoms with Gasteiger partial charge in [-0.3, -0.25) is 0 Å². The van der Waals surface area contributed by atoms with Crippen molar-refractivity contribution in [3.63, 3.8) is 0 Å². The van der Waals surface area contributed by atoms with Gasteiger partial charge in [-0.1, -0.05) is 6.92 Å². The zero-order chi connectivity index (χ0) is 15.5.